The molecule has 2 heteroatoms. The molecule has 0 bridgehead atoms. The van der Waals surface area contributed by atoms with Crippen molar-refractivity contribution in [2.75, 3.05) is 11.9 Å². The van der Waals surface area contributed by atoms with E-state index in [-0.39, 0.29) is 0 Å². The molecule has 0 aliphatic rings. The highest BCUT2D eigenvalue weighted by Crippen LogP contribution is 2.24. The first-order valence-corrected chi connectivity index (χ1v) is 5.99. The molecule has 0 spiro atoms. The van der Waals surface area contributed by atoms with Gasteiger partial charge in [-0.15, -0.1) is 0 Å². The van der Waals surface area contributed by atoms with E-state index in [2.05, 4.69) is 57.8 Å². The van der Waals surface area contributed by atoms with Crippen LogP contribution in [0.5, 0.6) is 0 Å². The fourth-order valence-corrected chi connectivity index (χ4v) is 1.84. The summed E-state index contributed by atoms with van der Waals surface area (Å²) >= 11 is 0. The van der Waals surface area contributed by atoms with E-state index < -0.39 is 0 Å². The van der Waals surface area contributed by atoms with Gasteiger partial charge in [0.2, 0.25) is 0 Å². The Morgan fingerprint density at radius 3 is 2.38 bits per heavy atom. The average Bonchev–Trinajstić information content (AvgIpc) is 2.26. The zero-order valence-electron chi connectivity index (χ0n) is 11.1. The van der Waals surface area contributed by atoms with E-state index in [0.717, 1.165) is 0 Å². The Morgan fingerprint density at radius 2 is 1.88 bits per heavy atom. The number of anilines is 1. The Hall–Kier alpha value is -1.02. The van der Waals surface area contributed by atoms with Crippen LogP contribution in [0.2, 0.25) is 0 Å². The van der Waals surface area contributed by atoms with Gasteiger partial charge in [0.25, 0.3) is 0 Å². The van der Waals surface area contributed by atoms with Crippen LogP contribution >= 0.6 is 0 Å². The highest BCUT2D eigenvalue weighted by atomic mass is 15.1. The van der Waals surface area contributed by atoms with Crippen LogP contribution in [0, 0.1) is 12.8 Å². The number of hydrogen-bond donors (Lipinski definition) is 1. The van der Waals surface area contributed by atoms with Crippen LogP contribution in [-0.4, -0.2) is 13.1 Å². The summed E-state index contributed by atoms with van der Waals surface area (Å²) in [4.78, 5) is 2.33. The lowest BCUT2D eigenvalue weighted by Gasteiger charge is -2.31. The lowest BCUT2D eigenvalue weighted by atomic mass is 10.0. The van der Waals surface area contributed by atoms with E-state index in [1.54, 1.807) is 0 Å². The first-order chi connectivity index (χ1) is 7.47. The number of hydrogen-bond acceptors (Lipinski definition) is 2. The minimum absolute atomic E-state index is 0.520. The molecule has 0 heterocycles. The van der Waals surface area contributed by atoms with Crippen LogP contribution in [0.3, 0.4) is 0 Å². The van der Waals surface area contributed by atoms with Crippen LogP contribution in [0.4, 0.5) is 5.69 Å². The fourth-order valence-electron chi connectivity index (χ4n) is 1.84. The van der Waals surface area contributed by atoms with Gasteiger partial charge in [0.15, 0.2) is 0 Å². The van der Waals surface area contributed by atoms with Gasteiger partial charge in [-0.2, -0.15) is 0 Å². The van der Waals surface area contributed by atoms with Crippen molar-refractivity contribution >= 4 is 5.69 Å². The van der Waals surface area contributed by atoms with Gasteiger partial charge in [-0.05, 0) is 37.0 Å². The van der Waals surface area contributed by atoms with Crippen LogP contribution in [0.15, 0.2) is 18.2 Å². The lowest BCUT2D eigenvalue weighted by Crippen LogP contribution is -2.34. The van der Waals surface area contributed by atoms with Crippen molar-refractivity contribution in [3.63, 3.8) is 0 Å². The van der Waals surface area contributed by atoms with Gasteiger partial charge in [-0.3, -0.25) is 0 Å². The number of aryl methyl sites for hydroxylation is 1. The van der Waals surface area contributed by atoms with Crippen molar-refractivity contribution < 1.29 is 0 Å². The van der Waals surface area contributed by atoms with Crippen LogP contribution in [0.25, 0.3) is 0 Å². The maximum absolute atomic E-state index is 5.79. The second kappa shape index (κ2) is 5.35. The first-order valence-electron chi connectivity index (χ1n) is 5.99. The van der Waals surface area contributed by atoms with Gasteiger partial charge in [0, 0.05) is 25.3 Å². The van der Waals surface area contributed by atoms with Crippen LogP contribution in [-0.2, 0) is 6.54 Å². The molecule has 1 aromatic rings. The molecule has 2 N–H and O–H groups in total. The standard InChI is InChI=1S/C14H24N2/c1-10(2)12(4)16(5)14-8-11(3)6-7-13(14)9-15/h6-8,10,12H,9,15H2,1-5H3. The van der Waals surface area contributed by atoms with Crippen LogP contribution in [0.1, 0.15) is 31.9 Å². The van der Waals surface area contributed by atoms with E-state index in [9.17, 15) is 0 Å². The molecule has 1 rings (SSSR count). The zero-order chi connectivity index (χ0) is 12.3. The summed E-state index contributed by atoms with van der Waals surface area (Å²) in [6.07, 6.45) is 0. The second-order valence-corrected chi connectivity index (χ2v) is 4.93. The van der Waals surface area contributed by atoms with Crippen molar-refractivity contribution in [3.8, 4) is 0 Å². The molecule has 0 amide bonds. The maximum atomic E-state index is 5.79. The summed E-state index contributed by atoms with van der Waals surface area (Å²) in [7, 11) is 2.15. The summed E-state index contributed by atoms with van der Waals surface area (Å²) in [6, 6.07) is 7.00. The lowest BCUT2D eigenvalue weighted by molar-refractivity contribution is 0.504. The summed E-state index contributed by atoms with van der Waals surface area (Å²) < 4.78 is 0. The Balaban J connectivity index is 3.05. The van der Waals surface area contributed by atoms with E-state index in [1.807, 2.05) is 0 Å². The fraction of sp³-hybridized carbons (Fsp3) is 0.571. The number of nitrogens with two attached hydrogens (primary N) is 1. The topological polar surface area (TPSA) is 29.3 Å². The molecule has 0 aliphatic carbocycles. The summed E-state index contributed by atoms with van der Waals surface area (Å²) in [5.74, 6) is 0.635. The Labute approximate surface area is 99.5 Å². The molecule has 0 saturated heterocycles. The zero-order valence-corrected chi connectivity index (χ0v) is 11.1. The highest BCUT2D eigenvalue weighted by Gasteiger charge is 2.15. The summed E-state index contributed by atoms with van der Waals surface area (Å²) in [5.41, 5.74) is 9.57. The molecule has 2 nitrogen and oxygen atoms in total. The van der Waals surface area contributed by atoms with Crippen molar-refractivity contribution in [2.24, 2.45) is 11.7 Å². The molecular weight excluding hydrogens is 196 g/mol. The molecule has 1 unspecified atom stereocenters. The number of benzene rings is 1. The minimum Gasteiger partial charge on any atom is -0.371 e. The third-order valence-corrected chi connectivity index (χ3v) is 3.42. The van der Waals surface area contributed by atoms with Gasteiger partial charge in [0.05, 0.1) is 0 Å². The SMILES string of the molecule is Cc1ccc(CN)c(N(C)C(C)C(C)C)c1. The normalized spacial score (nSPS) is 12.9. The molecule has 0 saturated carbocycles. The van der Waals surface area contributed by atoms with Gasteiger partial charge < -0.3 is 10.6 Å². The Kier molecular flexibility index (Phi) is 4.36. The third kappa shape index (κ3) is 2.76. The number of rotatable bonds is 4. The number of nitrogens with zero attached hydrogens (tertiary/aromatic N) is 1. The first kappa shape index (κ1) is 13.0. The van der Waals surface area contributed by atoms with E-state index in [1.165, 1.54) is 16.8 Å². The molecule has 1 aromatic carbocycles. The smallest absolute Gasteiger partial charge is 0.0414 e. The summed E-state index contributed by atoms with van der Waals surface area (Å²) in [5, 5.41) is 0. The van der Waals surface area contributed by atoms with Gasteiger partial charge >= 0.3 is 0 Å². The average molecular weight is 220 g/mol. The predicted octanol–water partition coefficient (Wildman–Crippen LogP) is 2.93. The quantitative estimate of drug-likeness (QED) is 0.845. The molecule has 16 heavy (non-hydrogen) atoms. The van der Waals surface area contributed by atoms with Crippen molar-refractivity contribution in [3.05, 3.63) is 29.3 Å². The highest BCUT2D eigenvalue weighted by molar-refractivity contribution is 5.55. The van der Waals surface area contributed by atoms with Crippen LogP contribution < -0.4 is 10.6 Å². The van der Waals surface area contributed by atoms with Gasteiger partial charge in [0.1, 0.15) is 0 Å². The van der Waals surface area contributed by atoms with E-state index >= 15 is 0 Å². The molecule has 0 radical (unpaired) electrons. The Bertz CT molecular complexity index is 345. The maximum Gasteiger partial charge on any atom is 0.0414 e. The van der Waals surface area contributed by atoms with E-state index in [0.29, 0.717) is 18.5 Å². The molecule has 0 aliphatic heterocycles. The second-order valence-electron chi connectivity index (χ2n) is 4.93. The Morgan fingerprint density at radius 1 is 1.25 bits per heavy atom. The predicted molar refractivity (Wildman–Crippen MR) is 71.8 cm³/mol. The van der Waals surface area contributed by atoms with Gasteiger partial charge in [-0.1, -0.05) is 26.0 Å². The molecule has 0 fully saturated rings. The summed E-state index contributed by atoms with van der Waals surface area (Å²) in [6.45, 7) is 9.48. The molecule has 0 aromatic heterocycles. The van der Waals surface area contributed by atoms with Crippen molar-refractivity contribution in [1.82, 2.24) is 0 Å². The largest absolute Gasteiger partial charge is 0.371 e. The molecule has 90 valence electrons. The molecule has 1 atom stereocenters. The third-order valence-electron chi connectivity index (χ3n) is 3.42. The molecular formula is C14H24N2. The minimum atomic E-state index is 0.520. The van der Waals surface area contributed by atoms with E-state index in [4.69, 9.17) is 5.73 Å². The van der Waals surface area contributed by atoms with Crippen molar-refractivity contribution in [2.45, 2.75) is 40.3 Å². The monoisotopic (exact) mass is 220 g/mol. The van der Waals surface area contributed by atoms with Crippen molar-refractivity contribution in [1.29, 1.82) is 0 Å². The van der Waals surface area contributed by atoms with Gasteiger partial charge in [-0.25, -0.2) is 0 Å².